The van der Waals surface area contributed by atoms with Gasteiger partial charge in [-0.25, -0.2) is 9.18 Å². The van der Waals surface area contributed by atoms with Gasteiger partial charge in [-0.05, 0) is 12.1 Å². The van der Waals surface area contributed by atoms with Crippen LogP contribution in [-0.2, 0) is 14.3 Å². The Balaban J connectivity index is 2.15. The predicted molar refractivity (Wildman–Crippen MR) is 63.4 cm³/mol. The summed E-state index contributed by atoms with van der Waals surface area (Å²) < 4.78 is 22.8. The van der Waals surface area contributed by atoms with Gasteiger partial charge >= 0.3 is 5.97 Å². The molecule has 1 aromatic carbocycles. The second-order valence-electron chi connectivity index (χ2n) is 3.52. The molecule has 0 bridgehead atoms. The summed E-state index contributed by atoms with van der Waals surface area (Å²) in [7, 11) is 0. The summed E-state index contributed by atoms with van der Waals surface area (Å²) in [5.41, 5.74) is 0. The lowest BCUT2D eigenvalue weighted by molar-refractivity contribution is -0.142. The number of halogens is 1. The van der Waals surface area contributed by atoms with E-state index < -0.39 is 24.3 Å². The normalized spacial score (nSPS) is 9.95. The highest BCUT2D eigenvalue weighted by Gasteiger charge is 2.05. The van der Waals surface area contributed by atoms with Crippen molar-refractivity contribution in [3.63, 3.8) is 0 Å². The molecule has 0 radical (unpaired) electrons. The number of nitrogens with one attached hydrogen (secondary N) is 1. The molecule has 0 aliphatic carbocycles. The van der Waals surface area contributed by atoms with Crippen molar-refractivity contribution in [2.75, 3.05) is 26.4 Å². The molecular formula is C12H14FNO5. The topological polar surface area (TPSA) is 84.9 Å². The van der Waals surface area contributed by atoms with Crippen molar-refractivity contribution in [1.82, 2.24) is 5.32 Å². The molecule has 0 aliphatic heterocycles. The highest BCUT2D eigenvalue weighted by molar-refractivity contribution is 5.77. The summed E-state index contributed by atoms with van der Waals surface area (Å²) in [6.07, 6.45) is 0. The molecule has 0 heterocycles. The molecule has 7 heteroatoms. The van der Waals surface area contributed by atoms with Crippen molar-refractivity contribution >= 4 is 11.9 Å². The van der Waals surface area contributed by atoms with Crippen LogP contribution in [0.2, 0.25) is 0 Å². The van der Waals surface area contributed by atoms with Gasteiger partial charge in [0.15, 0.2) is 18.2 Å². The number of benzene rings is 1. The summed E-state index contributed by atoms with van der Waals surface area (Å²) in [6, 6.07) is 5.75. The number of carbonyl (C=O) groups is 2. The molecule has 1 amide bonds. The van der Waals surface area contributed by atoms with E-state index in [1.807, 2.05) is 0 Å². The molecule has 1 aromatic rings. The number of amides is 1. The van der Waals surface area contributed by atoms with Crippen LogP contribution in [0.1, 0.15) is 0 Å². The Morgan fingerprint density at radius 3 is 2.68 bits per heavy atom. The number of hydrogen-bond donors (Lipinski definition) is 2. The number of hydrogen-bond acceptors (Lipinski definition) is 4. The molecular weight excluding hydrogens is 257 g/mol. The van der Waals surface area contributed by atoms with Crippen LogP contribution in [0.15, 0.2) is 24.3 Å². The zero-order chi connectivity index (χ0) is 14.1. The first-order valence-corrected chi connectivity index (χ1v) is 5.53. The van der Waals surface area contributed by atoms with Crippen molar-refractivity contribution in [3.05, 3.63) is 30.1 Å². The number of rotatable bonds is 8. The van der Waals surface area contributed by atoms with Crippen LogP contribution in [-0.4, -0.2) is 43.3 Å². The summed E-state index contributed by atoms with van der Waals surface area (Å²) in [6.45, 7) is -0.494. The molecule has 0 unspecified atom stereocenters. The predicted octanol–water partition coefficient (Wildman–Crippen LogP) is 0.422. The van der Waals surface area contributed by atoms with Gasteiger partial charge in [0.25, 0.3) is 5.91 Å². The van der Waals surface area contributed by atoms with Crippen LogP contribution in [0.5, 0.6) is 5.75 Å². The largest absolute Gasteiger partial charge is 0.481 e. The van der Waals surface area contributed by atoms with Crippen molar-refractivity contribution in [1.29, 1.82) is 0 Å². The molecule has 1 rings (SSSR count). The SMILES string of the molecule is O=C(O)COCCNC(=O)COc1ccccc1F. The number of para-hydroxylation sites is 1. The lowest BCUT2D eigenvalue weighted by Gasteiger charge is -2.07. The Morgan fingerprint density at radius 2 is 2.00 bits per heavy atom. The van der Waals surface area contributed by atoms with Gasteiger partial charge in [0.2, 0.25) is 0 Å². The molecule has 0 aliphatic rings. The molecule has 0 atom stereocenters. The number of carbonyl (C=O) groups excluding carboxylic acids is 1. The summed E-state index contributed by atoms with van der Waals surface area (Å²) in [4.78, 5) is 21.4. The summed E-state index contributed by atoms with van der Waals surface area (Å²) >= 11 is 0. The molecule has 0 aromatic heterocycles. The minimum Gasteiger partial charge on any atom is -0.481 e. The Bertz CT molecular complexity index is 438. The van der Waals surface area contributed by atoms with Crippen LogP contribution in [0.25, 0.3) is 0 Å². The lowest BCUT2D eigenvalue weighted by atomic mass is 10.3. The van der Waals surface area contributed by atoms with Gasteiger partial charge in [-0.2, -0.15) is 0 Å². The minimum absolute atomic E-state index is 0.000206. The van der Waals surface area contributed by atoms with E-state index in [9.17, 15) is 14.0 Å². The van der Waals surface area contributed by atoms with Crippen LogP contribution in [0.4, 0.5) is 4.39 Å². The lowest BCUT2D eigenvalue weighted by Crippen LogP contribution is -2.32. The third-order valence-electron chi connectivity index (χ3n) is 1.99. The third kappa shape index (κ3) is 6.37. The van der Waals surface area contributed by atoms with E-state index in [0.29, 0.717) is 0 Å². The number of carboxylic acids is 1. The highest BCUT2D eigenvalue weighted by Crippen LogP contribution is 2.14. The molecule has 2 N–H and O–H groups in total. The maximum absolute atomic E-state index is 13.1. The standard InChI is InChI=1S/C12H14FNO5/c13-9-3-1-2-4-10(9)19-7-11(15)14-5-6-18-8-12(16)17/h1-4H,5-8H2,(H,14,15)(H,16,17). The maximum atomic E-state index is 13.1. The Morgan fingerprint density at radius 1 is 1.26 bits per heavy atom. The number of ether oxygens (including phenoxy) is 2. The second kappa shape index (κ2) is 8.04. The summed E-state index contributed by atoms with van der Waals surface area (Å²) in [5.74, 6) is -2.06. The van der Waals surface area contributed by atoms with Crippen LogP contribution >= 0.6 is 0 Å². The fourth-order valence-electron chi connectivity index (χ4n) is 1.18. The van der Waals surface area contributed by atoms with Crippen molar-refractivity contribution < 1.29 is 28.6 Å². The maximum Gasteiger partial charge on any atom is 0.329 e. The summed E-state index contributed by atoms with van der Waals surface area (Å²) in [5, 5.41) is 10.7. The first-order chi connectivity index (χ1) is 9.09. The Kier molecular flexibility index (Phi) is 6.31. The quantitative estimate of drug-likeness (QED) is 0.669. The number of aliphatic carboxylic acids is 1. The smallest absolute Gasteiger partial charge is 0.329 e. The molecule has 6 nitrogen and oxygen atoms in total. The zero-order valence-corrected chi connectivity index (χ0v) is 10.1. The van der Waals surface area contributed by atoms with Gasteiger partial charge in [0.05, 0.1) is 6.61 Å². The fourth-order valence-corrected chi connectivity index (χ4v) is 1.18. The van der Waals surface area contributed by atoms with E-state index in [4.69, 9.17) is 14.6 Å². The average Bonchev–Trinajstić information content (AvgIpc) is 2.37. The molecule has 104 valence electrons. The monoisotopic (exact) mass is 271 g/mol. The van der Waals surface area contributed by atoms with Gasteiger partial charge in [-0.15, -0.1) is 0 Å². The van der Waals surface area contributed by atoms with E-state index in [1.54, 1.807) is 6.07 Å². The van der Waals surface area contributed by atoms with Crippen LogP contribution in [0.3, 0.4) is 0 Å². The first kappa shape index (κ1) is 14.9. The van der Waals surface area contributed by atoms with Gasteiger partial charge in [0, 0.05) is 6.54 Å². The molecule has 0 fully saturated rings. The highest BCUT2D eigenvalue weighted by atomic mass is 19.1. The van der Waals surface area contributed by atoms with E-state index in [0.717, 1.165) is 0 Å². The molecule has 19 heavy (non-hydrogen) atoms. The molecule has 0 saturated heterocycles. The van der Waals surface area contributed by atoms with Crippen LogP contribution < -0.4 is 10.1 Å². The van der Waals surface area contributed by atoms with E-state index in [-0.39, 0.29) is 25.5 Å². The average molecular weight is 271 g/mol. The van der Waals surface area contributed by atoms with Gasteiger partial charge < -0.3 is 19.9 Å². The fraction of sp³-hybridized carbons (Fsp3) is 0.333. The minimum atomic E-state index is -1.07. The van der Waals surface area contributed by atoms with Crippen molar-refractivity contribution in [3.8, 4) is 5.75 Å². The van der Waals surface area contributed by atoms with Crippen LogP contribution in [0, 0.1) is 5.82 Å². The van der Waals surface area contributed by atoms with E-state index in [2.05, 4.69) is 5.32 Å². The van der Waals surface area contributed by atoms with Crippen molar-refractivity contribution in [2.24, 2.45) is 0 Å². The second-order valence-corrected chi connectivity index (χ2v) is 3.52. The third-order valence-corrected chi connectivity index (χ3v) is 1.99. The van der Waals surface area contributed by atoms with Gasteiger partial charge in [-0.3, -0.25) is 4.79 Å². The van der Waals surface area contributed by atoms with E-state index >= 15 is 0 Å². The molecule has 0 saturated carbocycles. The number of carboxylic acid groups (broad SMARTS) is 1. The molecule has 0 spiro atoms. The zero-order valence-electron chi connectivity index (χ0n) is 10.1. The van der Waals surface area contributed by atoms with Gasteiger partial charge in [-0.1, -0.05) is 12.1 Å². The Hall–Kier alpha value is -2.15. The first-order valence-electron chi connectivity index (χ1n) is 5.53. The van der Waals surface area contributed by atoms with Gasteiger partial charge in [0.1, 0.15) is 6.61 Å². The van der Waals surface area contributed by atoms with E-state index in [1.165, 1.54) is 18.2 Å². The van der Waals surface area contributed by atoms with Crippen molar-refractivity contribution in [2.45, 2.75) is 0 Å². The Labute approximate surface area is 109 Å².